The number of ether oxygens (including phenoxy) is 1. The normalized spacial score (nSPS) is 19.3. The Balaban J connectivity index is 1.41. The summed E-state index contributed by atoms with van der Waals surface area (Å²) in [6.07, 6.45) is 4.52. The van der Waals surface area contributed by atoms with Crippen molar-refractivity contribution in [2.24, 2.45) is 11.8 Å². The fourth-order valence-electron chi connectivity index (χ4n) is 3.53. The molecule has 1 aliphatic carbocycles. The molecule has 1 saturated carbocycles. The van der Waals surface area contributed by atoms with Crippen molar-refractivity contribution in [3.8, 4) is 5.75 Å². The molecule has 0 unspecified atom stereocenters. The lowest BCUT2D eigenvalue weighted by molar-refractivity contribution is -0.130. The highest BCUT2D eigenvalue weighted by Gasteiger charge is 2.29. The van der Waals surface area contributed by atoms with E-state index in [0.717, 1.165) is 42.8 Å². The highest BCUT2D eigenvalue weighted by atomic mass is 16.5. The van der Waals surface area contributed by atoms with Crippen LogP contribution >= 0.6 is 0 Å². The molecule has 0 saturated heterocycles. The van der Waals surface area contributed by atoms with Crippen molar-refractivity contribution in [1.82, 2.24) is 10.6 Å². The van der Waals surface area contributed by atoms with E-state index < -0.39 is 0 Å². The summed E-state index contributed by atoms with van der Waals surface area (Å²) in [4.78, 5) is 24.7. The molecule has 1 aromatic heterocycles. The van der Waals surface area contributed by atoms with Gasteiger partial charge in [0, 0.05) is 23.9 Å². The van der Waals surface area contributed by atoms with Crippen molar-refractivity contribution >= 4 is 11.8 Å². The summed E-state index contributed by atoms with van der Waals surface area (Å²) in [6.45, 7) is 0.859. The fourth-order valence-corrected chi connectivity index (χ4v) is 3.53. The van der Waals surface area contributed by atoms with Gasteiger partial charge in [0.15, 0.2) is 0 Å². The first-order valence-corrected chi connectivity index (χ1v) is 9.37. The van der Waals surface area contributed by atoms with Crippen LogP contribution in [0.15, 0.2) is 47.1 Å². The maximum absolute atomic E-state index is 12.5. The maximum atomic E-state index is 12.5. The Hall–Kier alpha value is -2.76. The molecule has 2 N–H and O–H groups in total. The molecule has 0 atom stereocenters. The first-order chi connectivity index (χ1) is 13.2. The Kier molecular flexibility index (Phi) is 6.52. The van der Waals surface area contributed by atoms with E-state index in [-0.39, 0.29) is 23.7 Å². The number of methoxy groups -OCH3 is 1. The Labute approximate surface area is 159 Å². The molecule has 2 amide bonds. The largest absolute Gasteiger partial charge is 0.496 e. The van der Waals surface area contributed by atoms with Gasteiger partial charge in [0.05, 0.1) is 19.9 Å². The second-order valence-electron chi connectivity index (χ2n) is 6.88. The third-order valence-electron chi connectivity index (χ3n) is 5.13. The molecule has 1 heterocycles. The van der Waals surface area contributed by atoms with Crippen LogP contribution in [0.1, 0.15) is 37.0 Å². The molecule has 0 spiro atoms. The molecule has 1 aromatic carbocycles. The molecule has 1 aliphatic rings. The van der Waals surface area contributed by atoms with Crippen molar-refractivity contribution < 1.29 is 18.7 Å². The predicted octanol–water partition coefficient (Wildman–Crippen LogP) is 3.03. The first-order valence-electron chi connectivity index (χ1n) is 9.37. The molecule has 6 nitrogen and oxygen atoms in total. The molecule has 0 radical (unpaired) electrons. The predicted molar refractivity (Wildman–Crippen MR) is 101 cm³/mol. The van der Waals surface area contributed by atoms with Crippen LogP contribution in [0.25, 0.3) is 0 Å². The van der Waals surface area contributed by atoms with Gasteiger partial charge in [0.1, 0.15) is 11.5 Å². The number of carbonyl (C=O) groups excluding carboxylic acids is 2. The van der Waals surface area contributed by atoms with E-state index in [1.54, 1.807) is 19.4 Å². The number of benzene rings is 1. The Morgan fingerprint density at radius 1 is 0.963 bits per heavy atom. The van der Waals surface area contributed by atoms with Crippen LogP contribution in [-0.4, -0.2) is 18.9 Å². The zero-order valence-electron chi connectivity index (χ0n) is 15.6. The van der Waals surface area contributed by atoms with Gasteiger partial charge in [-0.15, -0.1) is 0 Å². The zero-order valence-corrected chi connectivity index (χ0v) is 15.6. The molecule has 27 heavy (non-hydrogen) atoms. The second kappa shape index (κ2) is 9.26. The molecule has 144 valence electrons. The number of carbonyl (C=O) groups is 2. The molecule has 2 aromatic rings. The number of furan rings is 1. The summed E-state index contributed by atoms with van der Waals surface area (Å²) in [6, 6.07) is 11.3. The number of nitrogens with one attached hydrogen (secondary N) is 2. The minimum absolute atomic E-state index is 0.0294. The summed E-state index contributed by atoms with van der Waals surface area (Å²) in [5.74, 6) is 1.55. The van der Waals surface area contributed by atoms with E-state index in [9.17, 15) is 9.59 Å². The summed E-state index contributed by atoms with van der Waals surface area (Å²) in [5, 5.41) is 5.91. The molecule has 6 heteroatoms. The number of amides is 2. The van der Waals surface area contributed by atoms with Gasteiger partial charge in [-0.2, -0.15) is 0 Å². The molecule has 1 fully saturated rings. The average molecular weight is 370 g/mol. The van der Waals surface area contributed by atoms with Crippen molar-refractivity contribution in [3.63, 3.8) is 0 Å². The van der Waals surface area contributed by atoms with Gasteiger partial charge in [-0.3, -0.25) is 9.59 Å². The van der Waals surface area contributed by atoms with Crippen molar-refractivity contribution in [3.05, 3.63) is 54.0 Å². The topological polar surface area (TPSA) is 80.6 Å². The van der Waals surface area contributed by atoms with E-state index in [1.807, 2.05) is 30.3 Å². The smallest absolute Gasteiger partial charge is 0.223 e. The van der Waals surface area contributed by atoms with Gasteiger partial charge in [0.25, 0.3) is 0 Å². The first kappa shape index (κ1) is 19.0. The molecule has 0 aliphatic heterocycles. The number of para-hydroxylation sites is 1. The van der Waals surface area contributed by atoms with Gasteiger partial charge in [-0.25, -0.2) is 0 Å². The third-order valence-corrected chi connectivity index (χ3v) is 5.13. The Morgan fingerprint density at radius 3 is 2.19 bits per heavy atom. The lowest BCUT2D eigenvalue weighted by atomic mass is 9.81. The summed E-state index contributed by atoms with van der Waals surface area (Å²) < 4.78 is 10.5. The number of hydrogen-bond donors (Lipinski definition) is 2. The second-order valence-corrected chi connectivity index (χ2v) is 6.88. The zero-order chi connectivity index (χ0) is 19.1. The molecular formula is C21H26N2O4. The third kappa shape index (κ3) is 5.12. The minimum atomic E-state index is -0.0335. The quantitative estimate of drug-likeness (QED) is 0.785. The maximum Gasteiger partial charge on any atom is 0.223 e. The van der Waals surface area contributed by atoms with Gasteiger partial charge >= 0.3 is 0 Å². The SMILES string of the molecule is COc1ccccc1CNC(=O)C1CCC(C(=O)NCc2ccco2)CC1. The van der Waals surface area contributed by atoms with Gasteiger partial charge < -0.3 is 19.8 Å². The van der Waals surface area contributed by atoms with E-state index >= 15 is 0 Å². The molecule has 0 bridgehead atoms. The highest BCUT2D eigenvalue weighted by Crippen LogP contribution is 2.29. The van der Waals surface area contributed by atoms with Crippen LogP contribution in [0.5, 0.6) is 5.75 Å². The highest BCUT2D eigenvalue weighted by molar-refractivity contribution is 5.81. The van der Waals surface area contributed by atoms with Crippen LogP contribution in [-0.2, 0) is 22.7 Å². The summed E-state index contributed by atoms with van der Waals surface area (Å²) >= 11 is 0. The molecular weight excluding hydrogens is 344 g/mol. The van der Waals surface area contributed by atoms with Crippen molar-refractivity contribution in [1.29, 1.82) is 0 Å². The monoisotopic (exact) mass is 370 g/mol. The molecule has 3 rings (SSSR count). The van der Waals surface area contributed by atoms with E-state index in [4.69, 9.17) is 9.15 Å². The lowest BCUT2D eigenvalue weighted by Crippen LogP contribution is -2.37. The summed E-state index contributed by atoms with van der Waals surface area (Å²) in [5.41, 5.74) is 0.958. The Bertz CT molecular complexity index is 749. The van der Waals surface area contributed by atoms with Crippen LogP contribution in [0.4, 0.5) is 0 Å². The van der Waals surface area contributed by atoms with E-state index in [2.05, 4.69) is 10.6 Å². The van der Waals surface area contributed by atoms with Gasteiger partial charge in [0.2, 0.25) is 11.8 Å². The van der Waals surface area contributed by atoms with Crippen LogP contribution in [0, 0.1) is 11.8 Å². The number of hydrogen-bond acceptors (Lipinski definition) is 4. The van der Waals surface area contributed by atoms with Crippen molar-refractivity contribution in [2.45, 2.75) is 38.8 Å². The van der Waals surface area contributed by atoms with E-state index in [1.165, 1.54) is 0 Å². The van der Waals surface area contributed by atoms with Gasteiger partial charge in [-0.1, -0.05) is 18.2 Å². The van der Waals surface area contributed by atoms with Crippen LogP contribution < -0.4 is 15.4 Å². The number of rotatable bonds is 7. The van der Waals surface area contributed by atoms with Gasteiger partial charge in [-0.05, 0) is 43.9 Å². The van der Waals surface area contributed by atoms with Crippen LogP contribution in [0.2, 0.25) is 0 Å². The minimum Gasteiger partial charge on any atom is -0.496 e. The standard InChI is InChI=1S/C21H26N2O4/c1-26-19-7-3-2-5-17(19)13-22-20(24)15-8-10-16(11-9-15)21(25)23-14-18-6-4-12-27-18/h2-7,12,15-16H,8-11,13-14H2,1H3,(H,22,24)(H,23,25). The summed E-state index contributed by atoms with van der Waals surface area (Å²) in [7, 11) is 1.62. The fraction of sp³-hybridized carbons (Fsp3) is 0.429. The van der Waals surface area contributed by atoms with Crippen LogP contribution in [0.3, 0.4) is 0 Å². The Morgan fingerprint density at radius 2 is 1.59 bits per heavy atom. The van der Waals surface area contributed by atoms with E-state index in [0.29, 0.717) is 13.1 Å². The lowest BCUT2D eigenvalue weighted by Gasteiger charge is -2.27. The average Bonchev–Trinajstić information content (AvgIpc) is 3.24. The van der Waals surface area contributed by atoms with Crippen molar-refractivity contribution in [2.75, 3.05) is 7.11 Å².